The maximum absolute atomic E-state index is 11.7. The summed E-state index contributed by atoms with van der Waals surface area (Å²) >= 11 is 3.86. The third-order valence-electron chi connectivity index (χ3n) is 2.14. The number of carbonyl (C=O) groups excluding carboxylic acids is 1. The van der Waals surface area contributed by atoms with Gasteiger partial charge in [-0.25, -0.2) is 4.79 Å². The van der Waals surface area contributed by atoms with Crippen LogP contribution < -0.4 is 10.1 Å². The van der Waals surface area contributed by atoms with Crippen LogP contribution in [0.5, 0.6) is 5.75 Å². The van der Waals surface area contributed by atoms with E-state index in [4.69, 9.17) is 9.84 Å². The number of aliphatic carboxylic acids is 1. The highest BCUT2D eigenvalue weighted by atomic mass is 32.1. The van der Waals surface area contributed by atoms with Crippen molar-refractivity contribution in [3.63, 3.8) is 0 Å². The average molecular weight is 255 g/mol. The molecule has 1 aromatic carbocycles. The van der Waals surface area contributed by atoms with Gasteiger partial charge >= 0.3 is 5.97 Å². The molecular weight excluding hydrogens is 242 g/mol. The van der Waals surface area contributed by atoms with Crippen molar-refractivity contribution in [3.8, 4) is 5.75 Å². The molecule has 0 heterocycles. The third kappa shape index (κ3) is 3.67. The van der Waals surface area contributed by atoms with Crippen LogP contribution in [0.4, 0.5) is 0 Å². The Kier molecular flexibility index (Phi) is 4.84. The number of carbonyl (C=O) groups is 2. The van der Waals surface area contributed by atoms with Gasteiger partial charge in [0.2, 0.25) is 0 Å². The van der Waals surface area contributed by atoms with E-state index in [0.29, 0.717) is 11.3 Å². The number of benzene rings is 1. The van der Waals surface area contributed by atoms with E-state index in [1.165, 1.54) is 7.11 Å². The van der Waals surface area contributed by atoms with E-state index in [1.54, 1.807) is 24.3 Å². The molecule has 1 aromatic rings. The number of carboxylic acid groups (broad SMARTS) is 1. The molecule has 0 saturated carbocycles. The summed E-state index contributed by atoms with van der Waals surface area (Å²) in [5.74, 6) is -0.890. The van der Waals surface area contributed by atoms with Gasteiger partial charge in [0.15, 0.2) is 0 Å². The van der Waals surface area contributed by atoms with Crippen LogP contribution in [0.3, 0.4) is 0 Å². The fourth-order valence-electron chi connectivity index (χ4n) is 1.17. The van der Waals surface area contributed by atoms with E-state index >= 15 is 0 Å². The maximum Gasteiger partial charge on any atom is 0.327 e. The van der Waals surface area contributed by atoms with E-state index in [1.807, 2.05) is 0 Å². The minimum Gasteiger partial charge on any atom is -0.497 e. The first-order chi connectivity index (χ1) is 8.08. The maximum atomic E-state index is 11.7. The van der Waals surface area contributed by atoms with Crippen LogP contribution in [-0.2, 0) is 4.79 Å². The number of carboxylic acids is 1. The van der Waals surface area contributed by atoms with Crippen molar-refractivity contribution in [2.24, 2.45) is 0 Å². The average Bonchev–Trinajstić information content (AvgIpc) is 2.35. The molecule has 0 aliphatic rings. The third-order valence-corrected chi connectivity index (χ3v) is 2.50. The van der Waals surface area contributed by atoms with Gasteiger partial charge in [-0.2, -0.15) is 12.6 Å². The molecule has 0 bridgehead atoms. The van der Waals surface area contributed by atoms with Crippen LogP contribution in [0.2, 0.25) is 0 Å². The van der Waals surface area contributed by atoms with Crippen LogP contribution >= 0.6 is 12.6 Å². The minimum atomic E-state index is -1.11. The topological polar surface area (TPSA) is 75.6 Å². The van der Waals surface area contributed by atoms with Gasteiger partial charge in [-0.15, -0.1) is 0 Å². The zero-order valence-electron chi connectivity index (χ0n) is 9.21. The molecule has 1 rings (SSSR count). The first kappa shape index (κ1) is 13.4. The molecule has 0 aliphatic heterocycles. The fourth-order valence-corrected chi connectivity index (χ4v) is 1.42. The van der Waals surface area contributed by atoms with Crippen molar-refractivity contribution in [1.29, 1.82) is 0 Å². The molecule has 0 spiro atoms. The molecule has 0 aliphatic carbocycles. The molecule has 0 unspecified atom stereocenters. The smallest absolute Gasteiger partial charge is 0.327 e. The monoisotopic (exact) mass is 255 g/mol. The van der Waals surface area contributed by atoms with Gasteiger partial charge < -0.3 is 15.2 Å². The normalized spacial score (nSPS) is 11.6. The molecule has 0 fully saturated rings. The van der Waals surface area contributed by atoms with Crippen molar-refractivity contribution >= 4 is 24.5 Å². The predicted octanol–water partition coefficient (Wildman–Crippen LogP) is 0.808. The van der Waals surface area contributed by atoms with Crippen molar-refractivity contribution in [2.45, 2.75) is 6.04 Å². The Balaban J connectivity index is 2.72. The van der Waals surface area contributed by atoms with Crippen molar-refractivity contribution in [3.05, 3.63) is 29.8 Å². The Morgan fingerprint density at radius 1 is 1.41 bits per heavy atom. The lowest BCUT2D eigenvalue weighted by Crippen LogP contribution is -2.42. The van der Waals surface area contributed by atoms with E-state index in [9.17, 15) is 9.59 Å². The Bertz CT molecular complexity index is 404. The first-order valence-electron chi connectivity index (χ1n) is 4.87. The van der Waals surface area contributed by atoms with Gasteiger partial charge in [0.1, 0.15) is 11.8 Å². The van der Waals surface area contributed by atoms with Crippen LogP contribution in [-0.4, -0.2) is 35.9 Å². The van der Waals surface area contributed by atoms with Gasteiger partial charge in [0.25, 0.3) is 5.91 Å². The molecule has 1 atom stereocenters. The van der Waals surface area contributed by atoms with Crippen LogP contribution in [0, 0.1) is 0 Å². The minimum absolute atomic E-state index is 0.0389. The lowest BCUT2D eigenvalue weighted by atomic mass is 10.2. The van der Waals surface area contributed by atoms with Crippen molar-refractivity contribution in [2.75, 3.05) is 12.9 Å². The summed E-state index contributed by atoms with van der Waals surface area (Å²) in [5.41, 5.74) is 0.374. The van der Waals surface area contributed by atoms with E-state index in [-0.39, 0.29) is 5.75 Å². The standard InChI is InChI=1S/C11H13NO4S/c1-16-8-4-2-7(3-5-8)10(13)12-9(6-17)11(14)15/h2-5,9,17H,6H2,1H3,(H,12,13)(H,14,15)/t9-/m0/s1. The van der Waals surface area contributed by atoms with Gasteiger partial charge in [0, 0.05) is 11.3 Å². The van der Waals surface area contributed by atoms with Crippen LogP contribution in [0.1, 0.15) is 10.4 Å². The Labute approximate surface area is 104 Å². The second kappa shape index (κ2) is 6.15. The summed E-state index contributed by atoms with van der Waals surface area (Å²) in [6, 6.07) is 5.39. The highest BCUT2D eigenvalue weighted by Crippen LogP contribution is 2.11. The van der Waals surface area contributed by atoms with Crippen LogP contribution in [0.15, 0.2) is 24.3 Å². The Morgan fingerprint density at radius 2 is 2.00 bits per heavy atom. The molecule has 0 radical (unpaired) electrons. The molecule has 5 nitrogen and oxygen atoms in total. The summed E-state index contributed by atoms with van der Waals surface area (Å²) in [7, 11) is 1.52. The molecule has 1 amide bonds. The number of hydrogen-bond donors (Lipinski definition) is 3. The Hall–Kier alpha value is -1.69. The SMILES string of the molecule is COc1ccc(C(=O)N[C@@H](CS)C(=O)O)cc1. The number of nitrogens with one attached hydrogen (secondary N) is 1. The van der Waals surface area contributed by atoms with Crippen LogP contribution in [0.25, 0.3) is 0 Å². The second-order valence-electron chi connectivity index (χ2n) is 3.28. The van der Waals surface area contributed by atoms with Gasteiger partial charge in [-0.05, 0) is 24.3 Å². The van der Waals surface area contributed by atoms with Gasteiger partial charge in [-0.3, -0.25) is 4.79 Å². The molecule has 6 heteroatoms. The Morgan fingerprint density at radius 3 is 2.41 bits per heavy atom. The number of hydrogen-bond acceptors (Lipinski definition) is 4. The molecule has 92 valence electrons. The predicted molar refractivity (Wildman–Crippen MR) is 65.7 cm³/mol. The fraction of sp³-hybridized carbons (Fsp3) is 0.273. The number of thiol groups is 1. The lowest BCUT2D eigenvalue weighted by molar-refractivity contribution is -0.138. The highest BCUT2D eigenvalue weighted by Gasteiger charge is 2.18. The lowest BCUT2D eigenvalue weighted by Gasteiger charge is -2.11. The molecule has 0 saturated heterocycles. The van der Waals surface area contributed by atoms with Gasteiger partial charge in [0.05, 0.1) is 7.11 Å². The zero-order chi connectivity index (χ0) is 12.8. The van der Waals surface area contributed by atoms with Crippen molar-refractivity contribution in [1.82, 2.24) is 5.32 Å². The van der Waals surface area contributed by atoms with E-state index in [0.717, 1.165) is 0 Å². The largest absolute Gasteiger partial charge is 0.497 e. The summed E-state index contributed by atoms with van der Waals surface area (Å²) in [5, 5.41) is 11.1. The second-order valence-corrected chi connectivity index (χ2v) is 3.64. The number of rotatable bonds is 5. The number of amides is 1. The van der Waals surface area contributed by atoms with Gasteiger partial charge in [-0.1, -0.05) is 0 Å². The summed E-state index contributed by atoms with van der Waals surface area (Å²) < 4.78 is 4.95. The quantitative estimate of drug-likeness (QED) is 0.680. The molecular formula is C11H13NO4S. The highest BCUT2D eigenvalue weighted by molar-refractivity contribution is 7.80. The molecule has 2 N–H and O–H groups in total. The summed E-state index contributed by atoms with van der Waals surface area (Å²) in [6.07, 6.45) is 0. The first-order valence-corrected chi connectivity index (χ1v) is 5.50. The van der Waals surface area contributed by atoms with Crippen molar-refractivity contribution < 1.29 is 19.4 Å². The molecule has 0 aromatic heterocycles. The van der Waals surface area contributed by atoms with E-state index < -0.39 is 17.9 Å². The molecule has 17 heavy (non-hydrogen) atoms. The zero-order valence-corrected chi connectivity index (χ0v) is 10.1. The number of ether oxygens (including phenoxy) is 1. The number of methoxy groups -OCH3 is 1. The summed E-state index contributed by atoms with van der Waals surface area (Å²) in [6.45, 7) is 0. The summed E-state index contributed by atoms with van der Waals surface area (Å²) in [4.78, 5) is 22.4. The van der Waals surface area contributed by atoms with E-state index in [2.05, 4.69) is 17.9 Å².